The Balaban J connectivity index is 2.52. The molecule has 218 valence electrons. The number of rotatable bonds is 22. The summed E-state index contributed by atoms with van der Waals surface area (Å²) in [7, 11) is 0. The van der Waals surface area contributed by atoms with E-state index in [-0.39, 0.29) is 19.1 Å². The van der Waals surface area contributed by atoms with Crippen LogP contribution < -0.4 is 0 Å². The number of hydrogen-bond donors (Lipinski definition) is 4. The lowest BCUT2D eigenvalue weighted by atomic mass is 9.98. The molecular weight excluding hydrogens is 480 g/mol. The van der Waals surface area contributed by atoms with Crippen molar-refractivity contribution in [2.75, 3.05) is 6.61 Å². The van der Waals surface area contributed by atoms with Crippen LogP contribution in [0.2, 0.25) is 0 Å². The summed E-state index contributed by atoms with van der Waals surface area (Å²) in [4.78, 5) is 21.9. The van der Waals surface area contributed by atoms with Gasteiger partial charge in [0.25, 0.3) is 0 Å². The molecule has 0 radical (unpaired) electrons. The highest BCUT2D eigenvalue weighted by Crippen LogP contribution is 2.26. The van der Waals surface area contributed by atoms with Gasteiger partial charge in [-0.05, 0) is 19.3 Å². The van der Waals surface area contributed by atoms with Gasteiger partial charge in [0.1, 0.15) is 31.0 Å². The Hall–Kier alpha value is -1.26. The van der Waals surface area contributed by atoms with Crippen molar-refractivity contribution >= 4 is 11.9 Å². The van der Waals surface area contributed by atoms with Crippen LogP contribution in [0, 0.1) is 0 Å². The monoisotopic (exact) mass is 532 g/mol. The van der Waals surface area contributed by atoms with Gasteiger partial charge in [-0.2, -0.15) is 0 Å². The second-order valence-corrected chi connectivity index (χ2v) is 10.4. The Morgan fingerprint density at radius 2 is 1.27 bits per heavy atom. The van der Waals surface area contributed by atoms with E-state index in [2.05, 4.69) is 6.92 Å². The maximum absolute atomic E-state index is 11.2. The number of ether oxygens (including phenoxy) is 3. The van der Waals surface area contributed by atoms with E-state index in [4.69, 9.17) is 19.3 Å². The normalized spacial score (nSPS) is 24.6. The van der Waals surface area contributed by atoms with Crippen molar-refractivity contribution in [2.45, 2.75) is 160 Å². The van der Waals surface area contributed by atoms with Crippen molar-refractivity contribution < 1.29 is 44.2 Å². The maximum Gasteiger partial charge on any atom is 0.303 e. The summed E-state index contributed by atoms with van der Waals surface area (Å²) in [5, 5.41) is 39.8. The van der Waals surface area contributed by atoms with Gasteiger partial charge in [0, 0.05) is 13.3 Å². The van der Waals surface area contributed by atoms with Crippen LogP contribution in [0.4, 0.5) is 0 Å². The van der Waals surface area contributed by atoms with E-state index in [1.54, 1.807) is 0 Å². The maximum atomic E-state index is 11.2. The first-order valence-electron chi connectivity index (χ1n) is 14.5. The van der Waals surface area contributed by atoms with E-state index in [9.17, 15) is 24.9 Å². The molecule has 1 aliphatic heterocycles. The number of aliphatic carboxylic acids is 1. The summed E-state index contributed by atoms with van der Waals surface area (Å²) in [6.07, 6.45) is 10.5. The molecule has 0 amide bonds. The standard InChI is InChI=1S/C28H52O9/c1-3-4-5-6-7-8-9-10-11-14-17-22(18-15-12-13-16-19-24(30)31)36-28-27(34)26(33)25(32)23(37-28)20-35-21(2)29/h22-23,25-28,32-34H,3-20H2,1-2H3,(H,30,31)/t22-,23+,25+,26-,27+,28+/m0/s1. The average Bonchev–Trinajstić information content (AvgIpc) is 2.86. The zero-order valence-corrected chi connectivity index (χ0v) is 23.0. The molecule has 9 nitrogen and oxygen atoms in total. The third kappa shape index (κ3) is 15.7. The molecule has 1 heterocycles. The molecule has 1 saturated heterocycles. The van der Waals surface area contributed by atoms with Crippen molar-refractivity contribution in [3.05, 3.63) is 0 Å². The van der Waals surface area contributed by atoms with Crippen LogP contribution in [-0.4, -0.2) is 75.8 Å². The fourth-order valence-corrected chi connectivity index (χ4v) is 4.70. The predicted molar refractivity (Wildman–Crippen MR) is 140 cm³/mol. The zero-order chi connectivity index (χ0) is 27.5. The van der Waals surface area contributed by atoms with Crippen LogP contribution in [0.15, 0.2) is 0 Å². The smallest absolute Gasteiger partial charge is 0.303 e. The molecule has 0 bridgehead atoms. The van der Waals surface area contributed by atoms with Crippen LogP contribution in [-0.2, 0) is 23.8 Å². The van der Waals surface area contributed by atoms with Gasteiger partial charge in [0.05, 0.1) is 6.10 Å². The quantitative estimate of drug-likeness (QED) is 0.117. The summed E-state index contributed by atoms with van der Waals surface area (Å²) >= 11 is 0. The Labute approximate surface area is 222 Å². The van der Waals surface area contributed by atoms with E-state index in [1.807, 2.05) is 0 Å². The fourth-order valence-electron chi connectivity index (χ4n) is 4.70. The molecule has 1 fully saturated rings. The van der Waals surface area contributed by atoms with Crippen molar-refractivity contribution in [3.63, 3.8) is 0 Å². The molecule has 9 heteroatoms. The lowest BCUT2D eigenvalue weighted by molar-refractivity contribution is -0.312. The lowest BCUT2D eigenvalue weighted by Gasteiger charge is -2.41. The van der Waals surface area contributed by atoms with Gasteiger partial charge in [0.2, 0.25) is 0 Å². The van der Waals surface area contributed by atoms with Gasteiger partial charge in [-0.25, -0.2) is 0 Å². The van der Waals surface area contributed by atoms with Crippen molar-refractivity contribution in [3.8, 4) is 0 Å². The van der Waals surface area contributed by atoms with Crippen LogP contribution in [0.1, 0.15) is 123 Å². The molecular formula is C28H52O9. The Kier molecular flexibility index (Phi) is 18.9. The largest absolute Gasteiger partial charge is 0.481 e. The highest BCUT2D eigenvalue weighted by atomic mass is 16.7. The van der Waals surface area contributed by atoms with Crippen LogP contribution >= 0.6 is 0 Å². The van der Waals surface area contributed by atoms with Gasteiger partial charge in [0.15, 0.2) is 6.29 Å². The molecule has 0 aromatic rings. The average molecular weight is 533 g/mol. The molecule has 0 aliphatic carbocycles. The van der Waals surface area contributed by atoms with Gasteiger partial charge in [-0.3, -0.25) is 9.59 Å². The van der Waals surface area contributed by atoms with Gasteiger partial charge in [-0.1, -0.05) is 90.4 Å². The van der Waals surface area contributed by atoms with E-state index in [0.29, 0.717) is 6.42 Å². The molecule has 6 atom stereocenters. The van der Waals surface area contributed by atoms with Crippen LogP contribution in [0.5, 0.6) is 0 Å². The third-order valence-corrected chi connectivity index (χ3v) is 6.99. The first-order valence-corrected chi connectivity index (χ1v) is 14.5. The molecule has 1 rings (SSSR count). The first-order chi connectivity index (χ1) is 17.8. The van der Waals surface area contributed by atoms with E-state index >= 15 is 0 Å². The van der Waals surface area contributed by atoms with E-state index in [1.165, 1.54) is 58.3 Å². The lowest BCUT2D eigenvalue weighted by Crippen LogP contribution is -2.60. The molecule has 1 aliphatic rings. The molecule has 4 N–H and O–H groups in total. The SMILES string of the molecule is CCCCCCCCCCCC[C@@H](CCCCCCC(=O)O)O[C@@H]1O[C@H](COC(C)=O)[C@@H](O)[C@H](O)[C@H]1O. The molecule has 37 heavy (non-hydrogen) atoms. The number of hydrogen-bond acceptors (Lipinski definition) is 8. The summed E-state index contributed by atoms with van der Waals surface area (Å²) < 4.78 is 16.8. The van der Waals surface area contributed by atoms with Crippen molar-refractivity contribution in [1.82, 2.24) is 0 Å². The first kappa shape index (κ1) is 33.8. The van der Waals surface area contributed by atoms with Gasteiger partial charge in [-0.15, -0.1) is 0 Å². The predicted octanol–water partition coefficient (Wildman–Crippen LogP) is 4.48. The molecule has 0 aromatic carbocycles. The van der Waals surface area contributed by atoms with Gasteiger partial charge < -0.3 is 34.6 Å². The number of aliphatic hydroxyl groups is 3. The summed E-state index contributed by atoms with van der Waals surface area (Å²) in [6, 6.07) is 0. The fraction of sp³-hybridized carbons (Fsp3) is 0.929. The second-order valence-electron chi connectivity index (χ2n) is 10.4. The van der Waals surface area contributed by atoms with E-state index < -0.39 is 42.6 Å². The summed E-state index contributed by atoms with van der Waals surface area (Å²) in [6.45, 7) is 3.23. The number of unbranched alkanes of at least 4 members (excludes halogenated alkanes) is 12. The van der Waals surface area contributed by atoms with Gasteiger partial charge >= 0.3 is 11.9 Å². The van der Waals surface area contributed by atoms with Crippen molar-refractivity contribution in [1.29, 1.82) is 0 Å². The topological polar surface area (TPSA) is 143 Å². The third-order valence-electron chi connectivity index (χ3n) is 6.99. The minimum absolute atomic E-state index is 0.171. The highest BCUT2D eigenvalue weighted by molar-refractivity contribution is 5.66. The summed E-state index contributed by atoms with van der Waals surface area (Å²) in [5.74, 6) is -1.31. The Morgan fingerprint density at radius 1 is 0.757 bits per heavy atom. The Bertz CT molecular complexity index is 600. The molecule has 0 aromatic heterocycles. The van der Waals surface area contributed by atoms with E-state index in [0.717, 1.165) is 44.9 Å². The number of carbonyl (C=O) groups is 2. The minimum atomic E-state index is -1.48. The van der Waals surface area contributed by atoms with Crippen LogP contribution in [0.3, 0.4) is 0 Å². The highest BCUT2D eigenvalue weighted by Gasteiger charge is 2.45. The number of carboxylic acids is 1. The molecule has 0 unspecified atom stereocenters. The number of esters is 1. The van der Waals surface area contributed by atoms with Crippen molar-refractivity contribution in [2.24, 2.45) is 0 Å². The summed E-state index contributed by atoms with van der Waals surface area (Å²) in [5.41, 5.74) is 0. The minimum Gasteiger partial charge on any atom is -0.481 e. The van der Waals surface area contributed by atoms with Crippen LogP contribution in [0.25, 0.3) is 0 Å². The number of aliphatic hydroxyl groups excluding tert-OH is 3. The number of carbonyl (C=O) groups excluding carboxylic acids is 1. The molecule has 0 spiro atoms. The zero-order valence-electron chi connectivity index (χ0n) is 23.0. The second kappa shape index (κ2) is 20.7. The molecule has 0 saturated carbocycles. The number of carboxylic acid groups (broad SMARTS) is 1. The Morgan fingerprint density at radius 3 is 1.78 bits per heavy atom.